The summed E-state index contributed by atoms with van der Waals surface area (Å²) in [6, 6.07) is 0. The zero-order valence-corrected chi connectivity index (χ0v) is 16.9. The summed E-state index contributed by atoms with van der Waals surface area (Å²) in [5, 5.41) is 19.1. The molecule has 0 amide bonds. The van der Waals surface area contributed by atoms with Gasteiger partial charge in [0.05, 0.1) is 6.61 Å². The second-order valence-electron chi connectivity index (χ2n) is 6.81. The summed E-state index contributed by atoms with van der Waals surface area (Å²) in [4.78, 5) is 14.4. The van der Waals surface area contributed by atoms with Crippen LogP contribution < -0.4 is 0 Å². The standard InChI is InChI=1S/C18H32N2O6S/c1-2-3-4-5-6-7-8-9-17(23)18-19(12-13-21)10-11-20(18)14-16(22)15-27(24,25)26/h6-7,16,21-22H,2-5,8-15H2,1H3/p+1/b7-6+. The Morgan fingerprint density at radius 3 is 2.63 bits per heavy atom. The molecule has 0 aromatic rings. The van der Waals surface area contributed by atoms with Crippen molar-refractivity contribution >= 4 is 21.7 Å². The fourth-order valence-corrected chi connectivity index (χ4v) is 3.74. The van der Waals surface area contributed by atoms with Crippen LogP contribution in [-0.4, -0.2) is 88.9 Å². The number of aliphatic hydroxyl groups excluding tert-OH is 2. The average molecular weight is 406 g/mol. The number of nitrogens with zero attached hydrogens (tertiary/aromatic N) is 2. The number of aliphatic hydroxyl groups is 2. The van der Waals surface area contributed by atoms with Gasteiger partial charge in [-0.1, -0.05) is 31.9 Å². The van der Waals surface area contributed by atoms with Gasteiger partial charge in [0.25, 0.3) is 10.1 Å². The molecule has 1 aliphatic heterocycles. The van der Waals surface area contributed by atoms with Gasteiger partial charge in [-0.3, -0.25) is 18.8 Å². The third kappa shape index (κ3) is 9.46. The van der Waals surface area contributed by atoms with Crippen LogP contribution in [0.3, 0.4) is 0 Å². The molecule has 3 N–H and O–H groups in total. The van der Waals surface area contributed by atoms with Crippen molar-refractivity contribution in [1.82, 2.24) is 4.90 Å². The third-order valence-corrected chi connectivity index (χ3v) is 5.18. The van der Waals surface area contributed by atoms with Gasteiger partial charge in [0.15, 0.2) is 0 Å². The lowest BCUT2D eigenvalue weighted by atomic mass is 10.1. The van der Waals surface area contributed by atoms with E-state index in [1.165, 1.54) is 12.8 Å². The Bertz CT molecular complexity index is 630. The number of Topliss-reactive ketones (excluding diaryl/α,β-unsaturated/α-hetero) is 1. The van der Waals surface area contributed by atoms with Gasteiger partial charge < -0.3 is 10.2 Å². The normalized spacial score (nSPS) is 16.5. The number of unbranched alkanes of at least 4 members (excludes halogenated alkanes) is 3. The summed E-state index contributed by atoms with van der Waals surface area (Å²) in [6.07, 6.45) is 8.22. The molecular formula is C18H33N2O6S+. The third-order valence-electron chi connectivity index (χ3n) is 4.37. The number of rotatable bonds is 14. The van der Waals surface area contributed by atoms with E-state index in [-0.39, 0.29) is 18.9 Å². The Hall–Kier alpha value is -1.29. The summed E-state index contributed by atoms with van der Waals surface area (Å²) in [5.74, 6) is -0.470. The Morgan fingerprint density at radius 1 is 1.30 bits per heavy atom. The summed E-state index contributed by atoms with van der Waals surface area (Å²) in [6.45, 7) is 3.27. The molecule has 1 unspecified atom stereocenters. The van der Waals surface area contributed by atoms with E-state index < -0.39 is 22.0 Å². The lowest BCUT2D eigenvalue weighted by Gasteiger charge is -2.12. The lowest BCUT2D eigenvalue weighted by Crippen LogP contribution is -2.40. The van der Waals surface area contributed by atoms with Gasteiger partial charge in [0.2, 0.25) is 5.78 Å². The molecule has 0 aliphatic carbocycles. The van der Waals surface area contributed by atoms with E-state index in [0.717, 1.165) is 12.8 Å². The minimum atomic E-state index is -4.29. The number of allylic oxidation sites excluding steroid dienone is 2. The second kappa shape index (κ2) is 12.2. The maximum atomic E-state index is 12.7. The van der Waals surface area contributed by atoms with Crippen LogP contribution in [0.1, 0.15) is 45.4 Å². The fourth-order valence-electron chi connectivity index (χ4n) is 3.15. The predicted octanol–water partition coefficient (Wildman–Crippen LogP) is 0.440. The quantitative estimate of drug-likeness (QED) is 0.166. The van der Waals surface area contributed by atoms with Crippen molar-refractivity contribution < 1.29 is 32.6 Å². The summed E-state index contributed by atoms with van der Waals surface area (Å²) in [5.41, 5.74) is 0. The van der Waals surface area contributed by atoms with Gasteiger partial charge in [-0.25, -0.2) is 0 Å². The molecule has 27 heavy (non-hydrogen) atoms. The number of hydrogen-bond acceptors (Lipinski definition) is 6. The Morgan fingerprint density at radius 2 is 2.00 bits per heavy atom. The zero-order chi connectivity index (χ0) is 20.3. The highest BCUT2D eigenvalue weighted by Crippen LogP contribution is 2.09. The van der Waals surface area contributed by atoms with Crippen LogP contribution in [0.25, 0.3) is 0 Å². The number of amidine groups is 1. The maximum Gasteiger partial charge on any atom is 0.316 e. The number of carbonyl (C=O) groups excluding carboxylic acids is 1. The van der Waals surface area contributed by atoms with Gasteiger partial charge in [0, 0.05) is 6.42 Å². The molecule has 0 fully saturated rings. The van der Waals surface area contributed by atoms with Gasteiger partial charge in [-0.2, -0.15) is 8.42 Å². The van der Waals surface area contributed by atoms with Gasteiger partial charge in [-0.15, -0.1) is 0 Å². The molecular weight excluding hydrogens is 372 g/mol. The summed E-state index contributed by atoms with van der Waals surface area (Å²) < 4.78 is 32.3. The van der Waals surface area contributed by atoms with Crippen LogP contribution in [0, 0.1) is 0 Å². The molecule has 1 atom stereocenters. The first-order valence-electron chi connectivity index (χ1n) is 9.57. The first-order chi connectivity index (χ1) is 12.8. The molecule has 1 aliphatic rings. The predicted molar refractivity (Wildman–Crippen MR) is 104 cm³/mol. The van der Waals surface area contributed by atoms with Crippen LogP contribution >= 0.6 is 0 Å². The highest BCUT2D eigenvalue weighted by atomic mass is 32.2. The van der Waals surface area contributed by atoms with Crippen molar-refractivity contribution in [3.63, 3.8) is 0 Å². The highest BCUT2D eigenvalue weighted by Gasteiger charge is 2.36. The van der Waals surface area contributed by atoms with Gasteiger partial charge >= 0.3 is 5.84 Å². The van der Waals surface area contributed by atoms with Crippen LogP contribution in [0.4, 0.5) is 0 Å². The molecule has 1 rings (SSSR count). The van der Waals surface area contributed by atoms with Crippen molar-refractivity contribution in [2.24, 2.45) is 0 Å². The molecule has 0 bridgehead atoms. The topological polar surface area (TPSA) is 118 Å². The van der Waals surface area contributed by atoms with E-state index >= 15 is 0 Å². The molecule has 8 nitrogen and oxygen atoms in total. The average Bonchev–Trinajstić information content (AvgIpc) is 2.94. The number of β-amino-alcohol motifs (C(OH)–C–C–N with tert-alkyl or cyclic N) is 2. The van der Waals surface area contributed by atoms with Crippen LogP contribution in [0.5, 0.6) is 0 Å². The fraction of sp³-hybridized carbons (Fsp3) is 0.778. The maximum absolute atomic E-state index is 12.7. The lowest BCUT2D eigenvalue weighted by molar-refractivity contribution is -0.525. The van der Waals surface area contributed by atoms with E-state index in [1.807, 2.05) is 6.08 Å². The van der Waals surface area contributed by atoms with Gasteiger partial charge in [0.1, 0.15) is 38.0 Å². The van der Waals surface area contributed by atoms with Gasteiger partial charge in [-0.05, 0) is 19.3 Å². The van der Waals surface area contributed by atoms with E-state index in [0.29, 0.717) is 38.3 Å². The molecule has 0 saturated heterocycles. The highest BCUT2D eigenvalue weighted by molar-refractivity contribution is 7.85. The second-order valence-corrected chi connectivity index (χ2v) is 8.31. The molecule has 0 saturated carbocycles. The smallest absolute Gasteiger partial charge is 0.316 e. The largest absolute Gasteiger partial charge is 0.392 e. The summed E-state index contributed by atoms with van der Waals surface area (Å²) >= 11 is 0. The molecule has 1 heterocycles. The van der Waals surface area contributed by atoms with Crippen LogP contribution in [-0.2, 0) is 14.9 Å². The SMILES string of the molecule is CCCCC/C=C/CCC(=O)C1=[N+](CC(O)CS(=O)(=O)O)CCN1CCO. The number of ketones is 1. The minimum Gasteiger partial charge on any atom is -0.392 e. The van der Waals surface area contributed by atoms with E-state index in [2.05, 4.69) is 13.0 Å². The van der Waals surface area contributed by atoms with E-state index in [1.54, 1.807) is 9.48 Å². The molecule has 0 aromatic heterocycles. The van der Waals surface area contributed by atoms with Crippen molar-refractivity contribution in [2.45, 2.75) is 51.6 Å². The van der Waals surface area contributed by atoms with Crippen molar-refractivity contribution in [3.8, 4) is 0 Å². The Balaban J connectivity index is 2.70. The molecule has 156 valence electrons. The van der Waals surface area contributed by atoms with Crippen LogP contribution in [0.2, 0.25) is 0 Å². The molecule has 0 radical (unpaired) electrons. The van der Waals surface area contributed by atoms with Crippen molar-refractivity contribution in [1.29, 1.82) is 0 Å². The van der Waals surface area contributed by atoms with E-state index in [4.69, 9.17) is 4.55 Å². The number of hydrogen-bond donors (Lipinski definition) is 3. The minimum absolute atomic E-state index is 0.0599. The Labute approximate surface area is 161 Å². The monoisotopic (exact) mass is 405 g/mol. The van der Waals surface area contributed by atoms with Crippen molar-refractivity contribution in [3.05, 3.63) is 12.2 Å². The van der Waals surface area contributed by atoms with E-state index in [9.17, 15) is 23.4 Å². The summed E-state index contributed by atoms with van der Waals surface area (Å²) in [7, 11) is -4.29. The molecule has 0 aromatic carbocycles. The molecule has 0 spiro atoms. The van der Waals surface area contributed by atoms with Crippen LogP contribution in [0.15, 0.2) is 12.2 Å². The first kappa shape index (κ1) is 23.7. The first-order valence-corrected chi connectivity index (χ1v) is 11.2. The zero-order valence-electron chi connectivity index (χ0n) is 16.1. The molecule has 9 heteroatoms. The Kier molecular flexibility index (Phi) is 10.8. The van der Waals surface area contributed by atoms with Crippen molar-refractivity contribution in [2.75, 3.05) is 38.5 Å². The number of carbonyl (C=O) groups is 1.